The van der Waals surface area contributed by atoms with E-state index in [9.17, 15) is 18.4 Å². The summed E-state index contributed by atoms with van der Waals surface area (Å²) in [5, 5.41) is 5.76. The first-order valence-corrected chi connectivity index (χ1v) is 11.5. The van der Waals surface area contributed by atoms with Gasteiger partial charge < -0.3 is 25.0 Å². The molecule has 0 saturated carbocycles. The number of alkyl halides is 2. The molecule has 190 valence electrons. The van der Waals surface area contributed by atoms with E-state index in [0.29, 0.717) is 18.8 Å². The van der Waals surface area contributed by atoms with Gasteiger partial charge in [-0.2, -0.15) is 8.78 Å². The maximum atomic E-state index is 13.7. The Morgan fingerprint density at radius 1 is 1.17 bits per heavy atom. The zero-order valence-corrected chi connectivity index (χ0v) is 20.4. The lowest BCUT2D eigenvalue weighted by molar-refractivity contribution is -0.143. The predicted molar refractivity (Wildman–Crippen MR) is 128 cm³/mol. The van der Waals surface area contributed by atoms with Crippen molar-refractivity contribution in [3.05, 3.63) is 53.2 Å². The highest BCUT2D eigenvalue weighted by Crippen LogP contribution is 2.40. The van der Waals surface area contributed by atoms with E-state index < -0.39 is 17.9 Å². The fraction of sp³-hybridized carbons (Fsp3) is 0.480. The number of nitrogens with zero attached hydrogens (tertiary/aromatic N) is 2. The van der Waals surface area contributed by atoms with Crippen molar-refractivity contribution in [2.45, 2.75) is 38.7 Å². The van der Waals surface area contributed by atoms with Gasteiger partial charge in [0.1, 0.15) is 11.1 Å². The Morgan fingerprint density at radius 3 is 2.54 bits per heavy atom. The number of methoxy groups -OCH3 is 1. The molecule has 2 heterocycles. The molecule has 0 aliphatic carbocycles. The SMILES string of the molecule is COCCNCC(=O)N1CC(C(=O)Nc2ccc(C)nc2OC(F)F)(c2ccccc2C(C)C)C1. The topological polar surface area (TPSA) is 92.8 Å². The summed E-state index contributed by atoms with van der Waals surface area (Å²) in [4.78, 5) is 32.0. The highest BCUT2D eigenvalue weighted by molar-refractivity contribution is 6.02. The smallest absolute Gasteiger partial charge is 0.388 e. The number of carbonyl (C=O) groups is 2. The van der Waals surface area contributed by atoms with Gasteiger partial charge in [-0.15, -0.1) is 0 Å². The first kappa shape index (κ1) is 26.5. The monoisotopic (exact) mass is 490 g/mol. The minimum atomic E-state index is -3.09. The van der Waals surface area contributed by atoms with E-state index in [1.807, 2.05) is 38.1 Å². The normalized spacial score (nSPS) is 14.7. The molecule has 0 atom stereocenters. The van der Waals surface area contributed by atoms with Gasteiger partial charge >= 0.3 is 6.61 Å². The van der Waals surface area contributed by atoms with Gasteiger partial charge in [0.05, 0.1) is 13.2 Å². The van der Waals surface area contributed by atoms with Gasteiger partial charge in [0, 0.05) is 32.4 Å². The number of hydrogen-bond donors (Lipinski definition) is 2. The van der Waals surface area contributed by atoms with Crippen LogP contribution in [0.25, 0.3) is 0 Å². The number of halogens is 2. The van der Waals surface area contributed by atoms with Crippen molar-refractivity contribution < 1.29 is 27.8 Å². The minimum absolute atomic E-state index is 0.0494. The van der Waals surface area contributed by atoms with Crippen molar-refractivity contribution in [2.75, 3.05) is 45.2 Å². The van der Waals surface area contributed by atoms with Crippen molar-refractivity contribution in [2.24, 2.45) is 0 Å². The van der Waals surface area contributed by atoms with Crippen LogP contribution < -0.4 is 15.4 Å². The molecule has 2 amide bonds. The van der Waals surface area contributed by atoms with Crippen LogP contribution in [-0.4, -0.2) is 68.2 Å². The second-order valence-electron chi connectivity index (χ2n) is 8.88. The number of anilines is 1. The van der Waals surface area contributed by atoms with Gasteiger partial charge in [0.2, 0.25) is 17.7 Å². The molecule has 1 aromatic heterocycles. The fourth-order valence-electron chi connectivity index (χ4n) is 4.18. The molecule has 0 unspecified atom stereocenters. The van der Waals surface area contributed by atoms with Gasteiger partial charge in [0.25, 0.3) is 0 Å². The highest BCUT2D eigenvalue weighted by atomic mass is 19.3. The second-order valence-corrected chi connectivity index (χ2v) is 8.88. The van der Waals surface area contributed by atoms with Crippen LogP contribution >= 0.6 is 0 Å². The number of aryl methyl sites for hydroxylation is 1. The van der Waals surface area contributed by atoms with Crippen LogP contribution in [0.1, 0.15) is 36.6 Å². The maximum Gasteiger partial charge on any atom is 0.388 e. The van der Waals surface area contributed by atoms with Crippen LogP contribution in [0.4, 0.5) is 14.5 Å². The van der Waals surface area contributed by atoms with Gasteiger partial charge in [0.15, 0.2) is 0 Å². The molecule has 2 N–H and O–H groups in total. The molecule has 1 saturated heterocycles. The molecule has 1 aromatic carbocycles. The highest BCUT2D eigenvalue weighted by Gasteiger charge is 2.53. The molecular formula is C25H32F2N4O4. The quantitative estimate of drug-likeness (QED) is 0.471. The second kappa shape index (κ2) is 11.5. The summed E-state index contributed by atoms with van der Waals surface area (Å²) in [5.74, 6) is -0.762. The standard InChI is InChI=1S/C25H32F2N4O4/c1-16(2)18-7-5-6-8-19(18)25(14-31(15-25)21(32)13-28-11-12-34-4)23(33)30-20-10-9-17(3)29-22(20)35-24(26)27/h5-10,16,24,28H,11-15H2,1-4H3,(H,30,33). The average molecular weight is 491 g/mol. The number of benzene rings is 1. The molecule has 3 rings (SSSR count). The van der Waals surface area contributed by atoms with Gasteiger partial charge in [-0.05, 0) is 36.1 Å². The largest absolute Gasteiger partial charge is 0.415 e. The summed E-state index contributed by atoms with van der Waals surface area (Å²) in [6.45, 7) is 4.09. The molecule has 1 aliphatic heterocycles. The van der Waals surface area contributed by atoms with E-state index in [1.54, 1.807) is 25.0 Å². The van der Waals surface area contributed by atoms with Gasteiger partial charge in [-0.25, -0.2) is 4.98 Å². The first-order valence-electron chi connectivity index (χ1n) is 11.5. The third-order valence-electron chi connectivity index (χ3n) is 6.01. The number of nitrogens with one attached hydrogen (secondary N) is 2. The van der Waals surface area contributed by atoms with E-state index in [1.165, 1.54) is 6.07 Å². The van der Waals surface area contributed by atoms with E-state index in [2.05, 4.69) is 20.4 Å². The number of ether oxygens (including phenoxy) is 2. The number of amides is 2. The predicted octanol–water partition coefficient (Wildman–Crippen LogP) is 3.07. The third-order valence-corrected chi connectivity index (χ3v) is 6.01. The number of carbonyl (C=O) groups excluding carboxylic acids is 2. The maximum absolute atomic E-state index is 13.7. The van der Waals surface area contributed by atoms with Crippen LogP contribution in [0, 0.1) is 6.92 Å². The molecule has 0 radical (unpaired) electrons. The van der Waals surface area contributed by atoms with E-state index in [4.69, 9.17) is 4.74 Å². The molecule has 8 nitrogen and oxygen atoms in total. The number of likely N-dealkylation sites (tertiary alicyclic amines) is 1. The van der Waals surface area contributed by atoms with Crippen LogP contribution in [-0.2, 0) is 19.7 Å². The molecule has 35 heavy (non-hydrogen) atoms. The fourth-order valence-corrected chi connectivity index (χ4v) is 4.18. The lowest BCUT2D eigenvalue weighted by Crippen LogP contribution is -2.67. The molecular weight excluding hydrogens is 458 g/mol. The number of hydrogen-bond acceptors (Lipinski definition) is 6. The Balaban J connectivity index is 1.89. The van der Waals surface area contributed by atoms with Gasteiger partial charge in [-0.3, -0.25) is 9.59 Å². The Hall–Kier alpha value is -3.11. The Kier molecular flexibility index (Phi) is 8.74. The van der Waals surface area contributed by atoms with Crippen LogP contribution in [0.3, 0.4) is 0 Å². The van der Waals surface area contributed by atoms with Crippen molar-refractivity contribution in [1.29, 1.82) is 0 Å². The lowest BCUT2D eigenvalue weighted by Gasteiger charge is -2.50. The zero-order valence-electron chi connectivity index (χ0n) is 20.4. The number of rotatable bonds is 11. The van der Waals surface area contributed by atoms with Crippen molar-refractivity contribution in [1.82, 2.24) is 15.2 Å². The van der Waals surface area contributed by atoms with Crippen LogP contribution in [0.15, 0.2) is 36.4 Å². The Bertz CT molecular complexity index is 1040. The van der Waals surface area contributed by atoms with E-state index in [-0.39, 0.29) is 43.0 Å². The summed E-state index contributed by atoms with van der Waals surface area (Å²) in [7, 11) is 1.58. The first-order chi connectivity index (χ1) is 16.7. The summed E-state index contributed by atoms with van der Waals surface area (Å²) in [6, 6.07) is 10.7. The molecule has 2 aromatic rings. The molecule has 1 aliphatic rings. The number of pyridine rings is 1. The average Bonchev–Trinajstić information content (AvgIpc) is 2.77. The third kappa shape index (κ3) is 6.12. The number of aromatic nitrogens is 1. The summed E-state index contributed by atoms with van der Waals surface area (Å²) < 4.78 is 35.4. The summed E-state index contributed by atoms with van der Waals surface area (Å²) in [6.07, 6.45) is 0. The van der Waals surface area contributed by atoms with Crippen molar-refractivity contribution in [3.63, 3.8) is 0 Å². The minimum Gasteiger partial charge on any atom is -0.415 e. The van der Waals surface area contributed by atoms with Crippen LogP contribution in [0.2, 0.25) is 0 Å². The zero-order chi connectivity index (χ0) is 25.6. The van der Waals surface area contributed by atoms with E-state index in [0.717, 1.165) is 11.1 Å². The Morgan fingerprint density at radius 2 is 1.89 bits per heavy atom. The lowest BCUT2D eigenvalue weighted by atomic mass is 9.69. The summed E-state index contributed by atoms with van der Waals surface area (Å²) >= 11 is 0. The van der Waals surface area contributed by atoms with Crippen molar-refractivity contribution in [3.8, 4) is 5.88 Å². The van der Waals surface area contributed by atoms with Crippen LogP contribution in [0.5, 0.6) is 5.88 Å². The Labute approximate surface area is 204 Å². The summed E-state index contributed by atoms with van der Waals surface area (Å²) in [5.41, 5.74) is 1.27. The molecule has 0 bridgehead atoms. The van der Waals surface area contributed by atoms with Crippen molar-refractivity contribution >= 4 is 17.5 Å². The van der Waals surface area contributed by atoms with Gasteiger partial charge in [-0.1, -0.05) is 38.1 Å². The molecule has 0 spiro atoms. The molecule has 10 heteroatoms. The molecule has 1 fully saturated rings. The van der Waals surface area contributed by atoms with E-state index >= 15 is 0 Å².